The molecule has 0 aliphatic carbocycles. The topological polar surface area (TPSA) is 72.9 Å². The number of nitrogens with zero attached hydrogens (tertiary/aromatic N) is 1. The molecule has 6 heteroatoms. The lowest BCUT2D eigenvalue weighted by Crippen LogP contribution is -2.30. The smallest absolute Gasteiger partial charge is 0.312 e. The van der Waals surface area contributed by atoms with Crippen LogP contribution in [-0.4, -0.2) is 30.3 Å². The summed E-state index contributed by atoms with van der Waals surface area (Å²) in [4.78, 5) is 39.7. The predicted molar refractivity (Wildman–Crippen MR) is 142 cm³/mol. The van der Waals surface area contributed by atoms with Crippen LogP contribution in [0.3, 0.4) is 0 Å². The molecule has 37 heavy (non-hydrogen) atoms. The fourth-order valence-electron chi connectivity index (χ4n) is 4.50. The third kappa shape index (κ3) is 5.23. The highest BCUT2D eigenvalue weighted by molar-refractivity contribution is 6.02. The fourth-order valence-corrected chi connectivity index (χ4v) is 4.50. The van der Waals surface area contributed by atoms with Crippen molar-refractivity contribution in [1.82, 2.24) is 0 Å². The van der Waals surface area contributed by atoms with E-state index in [9.17, 15) is 14.4 Å². The van der Waals surface area contributed by atoms with E-state index in [1.165, 1.54) is 0 Å². The van der Waals surface area contributed by atoms with E-state index in [0.29, 0.717) is 17.0 Å². The molecule has 186 valence electrons. The van der Waals surface area contributed by atoms with Crippen LogP contribution in [0.25, 0.3) is 10.8 Å². The minimum Gasteiger partial charge on any atom is -0.457 e. The van der Waals surface area contributed by atoms with Gasteiger partial charge in [-0.2, -0.15) is 0 Å². The van der Waals surface area contributed by atoms with Gasteiger partial charge in [-0.15, -0.1) is 0 Å². The van der Waals surface area contributed by atoms with Crippen LogP contribution in [0.4, 0.5) is 5.69 Å². The minimum atomic E-state index is -0.926. The Hall–Kier alpha value is -4.45. The molecule has 0 spiro atoms. The van der Waals surface area contributed by atoms with Crippen molar-refractivity contribution in [2.45, 2.75) is 26.4 Å². The van der Waals surface area contributed by atoms with Crippen LogP contribution in [0.1, 0.15) is 29.3 Å². The second-order valence-corrected chi connectivity index (χ2v) is 9.29. The van der Waals surface area contributed by atoms with Gasteiger partial charge < -0.3 is 14.4 Å². The molecule has 1 saturated heterocycles. The van der Waals surface area contributed by atoms with Crippen LogP contribution in [0.2, 0.25) is 0 Å². The van der Waals surface area contributed by atoms with Crippen LogP contribution < -0.4 is 9.64 Å². The molecule has 1 amide bonds. The zero-order valence-electron chi connectivity index (χ0n) is 20.7. The summed E-state index contributed by atoms with van der Waals surface area (Å²) in [5, 5.41) is 2.10. The highest BCUT2D eigenvalue weighted by Gasteiger charge is 2.37. The molecule has 1 aliphatic rings. The van der Waals surface area contributed by atoms with Gasteiger partial charge >= 0.3 is 5.97 Å². The number of fused-ring (bicyclic) bond motifs is 1. The number of carbonyl (C=O) groups is 3. The zero-order chi connectivity index (χ0) is 25.9. The SMILES string of the molecule is Cc1ccc(C(=O)[C@H](C)OC(=O)[C@H]2CC(=O)N(c3ccc(Oc4cccc5ccccc45)cc3)C2)cc1. The van der Waals surface area contributed by atoms with Gasteiger partial charge in [0.2, 0.25) is 11.7 Å². The van der Waals surface area contributed by atoms with E-state index >= 15 is 0 Å². The molecule has 2 atom stereocenters. The molecular formula is C31H27NO5. The lowest BCUT2D eigenvalue weighted by atomic mass is 10.1. The van der Waals surface area contributed by atoms with Crippen LogP contribution >= 0.6 is 0 Å². The Bertz CT molecular complexity index is 1450. The van der Waals surface area contributed by atoms with E-state index in [2.05, 4.69) is 0 Å². The molecule has 0 radical (unpaired) electrons. The summed E-state index contributed by atoms with van der Waals surface area (Å²) in [6, 6.07) is 28.2. The zero-order valence-corrected chi connectivity index (χ0v) is 20.7. The molecule has 0 N–H and O–H groups in total. The summed E-state index contributed by atoms with van der Waals surface area (Å²) in [7, 11) is 0. The number of benzene rings is 4. The van der Waals surface area contributed by atoms with Crippen molar-refractivity contribution >= 4 is 34.1 Å². The van der Waals surface area contributed by atoms with Gasteiger partial charge in [0.1, 0.15) is 11.5 Å². The first-order chi connectivity index (χ1) is 17.9. The summed E-state index contributed by atoms with van der Waals surface area (Å²) < 4.78 is 11.5. The number of hydrogen-bond acceptors (Lipinski definition) is 5. The molecule has 1 fully saturated rings. The Morgan fingerprint density at radius 2 is 1.59 bits per heavy atom. The molecule has 5 rings (SSSR count). The summed E-state index contributed by atoms with van der Waals surface area (Å²) in [5.41, 5.74) is 2.20. The number of esters is 1. The Kier molecular flexibility index (Phi) is 6.73. The standard InChI is InChI=1S/C31H27NO5/c1-20-10-12-23(13-11-20)30(34)21(2)36-31(35)24-18-29(33)32(19-24)25-14-16-26(17-15-25)37-28-9-5-7-22-6-3-4-8-27(22)28/h3-17,21,24H,18-19H2,1-2H3/t21-,24-/m0/s1. The van der Waals surface area contributed by atoms with Gasteiger partial charge in [-0.1, -0.05) is 66.2 Å². The van der Waals surface area contributed by atoms with E-state index in [1.54, 1.807) is 48.2 Å². The molecule has 0 saturated carbocycles. The number of aryl methyl sites for hydroxylation is 1. The molecule has 4 aromatic rings. The van der Waals surface area contributed by atoms with E-state index in [1.807, 2.05) is 61.5 Å². The van der Waals surface area contributed by atoms with E-state index in [-0.39, 0.29) is 24.7 Å². The van der Waals surface area contributed by atoms with Crippen LogP contribution in [-0.2, 0) is 14.3 Å². The van der Waals surface area contributed by atoms with Crippen molar-refractivity contribution < 1.29 is 23.9 Å². The number of amides is 1. The third-order valence-corrected chi connectivity index (χ3v) is 6.58. The van der Waals surface area contributed by atoms with Gasteiger partial charge in [-0.3, -0.25) is 14.4 Å². The lowest BCUT2D eigenvalue weighted by Gasteiger charge is -2.18. The Labute approximate surface area is 215 Å². The second-order valence-electron chi connectivity index (χ2n) is 9.29. The third-order valence-electron chi connectivity index (χ3n) is 6.58. The molecule has 1 heterocycles. The van der Waals surface area contributed by atoms with Crippen LogP contribution in [0.5, 0.6) is 11.5 Å². The maximum atomic E-state index is 12.8. The Morgan fingerprint density at radius 3 is 2.35 bits per heavy atom. The monoisotopic (exact) mass is 493 g/mol. The number of ketones is 1. The average molecular weight is 494 g/mol. The van der Waals surface area contributed by atoms with Gasteiger partial charge in [0.15, 0.2) is 6.10 Å². The first-order valence-corrected chi connectivity index (χ1v) is 12.3. The van der Waals surface area contributed by atoms with Gasteiger partial charge in [-0.25, -0.2) is 0 Å². The molecule has 0 bridgehead atoms. The van der Waals surface area contributed by atoms with Crippen molar-refractivity contribution in [2.24, 2.45) is 5.92 Å². The summed E-state index contributed by atoms with van der Waals surface area (Å²) in [6.07, 6.45) is -0.886. The van der Waals surface area contributed by atoms with Gasteiger partial charge in [0.25, 0.3) is 0 Å². The second kappa shape index (κ2) is 10.3. The van der Waals surface area contributed by atoms with E-state index in [4.69, 9.17) is 9.47 Å². The highest BCUT2D eigenvalue weighted by Crippen LogP contribution is 2.32. The normalized spacial score (nSPS) is 16.0. The maximum absolute atomic E-state index is 12.8. The van der Waals surface area contributed by atoms with Crippen LogP contribution in [0, 0.1) is 12.8 Å². The average Bonchev–Trinajstić information content (AvgIpc) is 3.31. The summed E-state index contributed by atoms with van der Waals surface area (Å²) >= 11 is 0. The van der Waals surface area contributed by atoms with Crippen molar-refractivity contribution in [3.63, 3.8) is 0 Å². The number of rotatable bonds is 7. The number of Topliss-reactive ketones (excluding diaryl/α,β-unsaturated/α-hetero) is 1. The Balaban J connectivity index is 1.22. The molecule has 1 aliphatic heterocycles. The van der Waals surface area contributed by atoms with E-state index in [0.717, 1.165) is 22.1 Å². The largest absolute Gasteiger partial charge is 0.457 e. The fraction of sp³-hybridized carbons (Fsp3) is 0.194. The van der Waals surface area contributed by atoms with Crippen molar-refractivity contribution in [2.75, 3.05) is 11.4 Å². The predicted octanol–water partition coefficient (Wildman–Crippen LogP) is 6.11. The van der Waals surface area contributed by atoms with E-state index < -0.39 is 18.0 Å². The molecule has 0 aromatic heterocycles. The number of hydrogen-bond donors (Lipinski definition) is 0. The van der Waals surface area contributed by atoms with Gasteiger partial charge in [-0.05, 0) is 49.6 Å². The van der Waals surface area contributed by atoms with Crippen LogP contribution in [0.15, 0.2) is 91.0 Å². The first-order valence-electron chi connectivity index (χ1n) is 12.3. The number of ether oxygens (including phenoxy) is 2. The first kappa shape index (κ1) is 24.3. The van der Waals surface area contributed by atoms with Crippen molar-refractivity contribution in [3.05, 3.63) is 102 Å². The summed E-state index contributed by atoms with van der Waals surface area (Å²) in [5.74, 6) is -0.211. The van der Waals surface area contributed by atoms with Crippen molar-refractivity contribution in [3.8, 4) is 11.5 Å². The minimum absolute atomic E-state index is 0.0402. The van der Waals surface area contributed by atoms with Gasteiger partial charge in [0, 0.05) is 29.6 Å². The lowest BCUT2D eigenvalue weighted by molar-refractivity contribution is -0.151. The number of anilines is 1. The molecule has 0 unspecified atom stereocenters. The molecule has 6 nitrogen and oxygen atoms in total. The summed E-state index contributed by atoms with van der Waals surface area (Å²) in [6.45, 7) is 3.70. The quantitative estimate of drug-likeness (QED) is 0.229. The Morgan fingerprint density at radius 1 is 0.892 bits per heavy atom. The number of carbonyl (C=O) groups excluding carboxylic acids is 3. The van der Waals surface area contributed by atoms with Crippen molar-refractivity contribution in [1.29, 1.82) is 0 Å². The van der Waals surface area contributed by atoms with Gasteiger partial charge in [0.05, 0.1) is 5.92 Å². The maximum Gasteiger partial charge on any atom is 0.312 e. The molecule has 4 aromatic carbocycles. The molecular weight excluding hydrogens is 466 g/mol. The highest BCUT2D eigenvalue weighted by atomic mass is 16.5.